The van der Waals surface area contributed by atoms with Gasteiger partial charge in [0, 0.05) is 15.3 Å². The number of hydrogen-bond acceptors (Lipinski definition) is 4. The Morgan fingerprint density at radius 1 is 1.29 bits per heavy atom. The monoisotopic (exact) mass is 455 g/mol. The Kier molecular flexibility index (Phi) is 6.92. The average Bonchev–Trinajstić information content (AvgIpc) is 2.57. The number of pyridine rings is 1. The number of thiocarbonyl (C=S) groups is 1. The first-order valence-corrected chi connectivity index (χ1v) is 8.97. The minimum absolute atomic E-state index is 0.142. The van der Waals surface area contributed by atoms with Gasteiger partial charge in [0.2, 0.25) is 0 Å². The topological polar surface area (TPSA) is 63.2 Å². The number of hydrogen-bond donors (Lipinski definition) is 2. The number of aromatic nitrogens is 1. The van der Waals surface area contributed by atoms with Crippen LogP contribution in [0.3, 0.4) is 0 Å². The van der Waals surface area contributed by atoms with Crippen LogP contribution in [0.5, 0.6) is 5.75 Å². The van der Waals surface area contributed by atoms with Crippen LogP contribution in [0.25, 0.3) is 0 Å². The summed E-state index contributed by atoms with van der Waals surface area (Å²) in [5, 5.41) is 5.71. The Morgan fingerprint density at radius 3 is 2.58 bits per heavy atom. The summed E-state index contributed by atoms with van der Waals surface area (Å²) >= 11 is 7.30. The number of ether oxygens (including phenoxy) is 1. The van der Waals surface area contributed by atoms with Crippen molar-refractivity contribution >= 4 is 51.6 Å². The summed E-state index contributed by atoms with van der Waals surface area (Å²) < 4.78 is 6.71. The predicted octanol–water partition coefficient (Wildman–Crippen LogP) is 3.99. The molecule has 0 aliphatic rings. The van der Waals surface area contributed by atoms with Crippen molar-refractivity contribution < 1.29 is 9.53 Å². The number of nitrogens with one attached hydrogen (secondary N) is 2. The molecule has 1 atom stereocenters. The van der Waals surface area contributed by atoms with Gasteiger partial charge < -0.3 is 10.1 Å². The molecule has 0 unspecified atom stereocenters. The lowest BCUT2D eigenvalue weighted by Crippen LogP contribution is -2.34. The molecule has 0 aliphatic carbocycles. The summed E-state index contributed by atoms with van der Waals surface area (Å²) in [6, 6.07) is 10.7. The summed E-state index contributed by atoms with van der Waals surface area (Å²) in [5.74, 6) is 1.04. The van der Waals surface area contributed by atoms with Crippen LogP contribution < -0.4 is 15.4 Å². The van der Waals surface area contributed by atoms with Crippen LogP contribution in [0.15, 0.2) is 42.6 Å². The Labute approximate surface area is 160 Å². The molecule has 1 heterocycles. The maximum Gasteiger partial charge on any atom is 0.257 e. The third kappa shape index (κ3) is 5.72. The minimum atomic E-state index is -0.284. The van der Waals surface area contributed by atoms with Crippen molar-refractivity contribution in [2.24, 2.45) is 0 Å². The van der Waals surface area contributed by atoms with Crippen LogP contribution >= 0.6 is 34.8 Å². The van der Waals surface area contributed by atoms with Crippen molar-refractivity contribution in [2.75, 3.05) is 5.32 Å². The molecule has 0 spiro atoms. The van der Waals surface area contributed by atoms with Crippen molar-refractivity contribution in [1.29, 1.82) is 0 Å². The van der Waals surface area contributed by atoms with E-state index in [2.05, 4.69) is 45.1 Å². The smallest absolute Gasteiger partial charge is 0.257 e. The van der Waals surface area contributed by atoms with Crippen LogP contribution in [-0.2, 0) is 0 Å². The molecule has 0 bridgehead atoms. The van der Waals surface area contributed by atoms with Gasteiger partial charge in [-0.15, -0.1) is 0 Å². The summed E-state index contributed by atoms with van der Waals surface area (Å²) in [6.07, 6.45) is 2.78. The van der Waals surface area contributed by atoms with E-state index in [1.165, 1.54) is 0 Å². The molecule has 5 nitrogen and oxygen atoms in total. The number of benzene rings is 1. The van der Waals surface area contributed by atoms with E-state index in [1.807, 2.05) is 13.0 Å². The SMILES string of the molecule is CC[C@H](C)Oc1ccc(C(=O)NC(=S)Nc2ccc(I)cn2)cc1. The second-order valence-electron chi connectivity index (χ2n) is 5.13. The number of carbonyl (C=O) groups excluding carboxylic acids is 1. The van der Waals surface area contributed by atoms with Gasteiger partial charge in [-0.1, -0.05) is 6.92 Å². The zero-order valence-corrected chi connectivity index (χ0v) is 16.3. The summed E-state index contributed by atoms with van der Waals surface area (Å²) in [6.45, 7) is 4.06. The molecule has 2 aromatic rings. The summed E-state index contributed by atoms with van der Waals surface area (Å²) in [4.78, 5) is 16.4. The Bertz CT molecular complexity index is 705. The van der Waals surface area contributed by atoms with Gasteiger partial charge in [-0.2, -0.15) is 0 Å². The molecule has 2 rings (SSSR count). The van der Waals surface area contributed by atoms with Crippen LogP contribution in [0, 0.1) is 3.57 Å². The number of amides is 1. The lowest BCUT2D eigenvalue weighted by molar-refractivity contribution is 0.0977. The van der Waals surface area contributed by atoms with E-state index in [0.29, 0.717) is 11.4 Å². The maximum absolute atomic E-state index is 12.2. The minimum Gasteiger partial charge on any atom is -0.491 e. The van der Waals surface area contributed by atoms with Gasteiger partial charge in [-0.05, 0) is 84.6 Å². The maximum atomic E-state index is 12.2. The van der Waals surface area contributed by atoms with E-state index >= 15 is 0 Å². The van der Waals surface area contributed by atoms with E-state index in [0.717, 1.165) is 15.7 Å². The first-order valence-electron chi connectivity index (χ1n) is 7.48. The van der Waals surface area contributed by atoms with Crippen molar-refractivity contribution in [3.8, 4) is 5.75 Å². The number of nitrogens with zero attached hydrogens (tertiary/aromatic N) is 1. The van der Waals surface area contributed by atoms with Gasteiger partial charge in [0.05, 0.1) is 6.10 Å². The second-order valence-corrected chi connectivity index (χ2v) is 6.78. The highest BCUT2D eigenvalue weighted by molar-refractivity contribution is 14.1. The molecule has 0 fully saturated rings. The summed E-state index contributed by atoms with van der Waals surface area (Å²) in [7, 11) is 0. The lowest BCUT2D eigenvalue weighted by Gasteiger charge is -2.13. The number of anilines is 1. The molecule has 24 heavy (non-hydrogen) atoms. The molecule has 126 valence electrons. The third-order valence-electron chi connectivity index (χ3n) is 3.22. The van der Waals surface area contributed by atoms with Crippen molar-refractivity contribution in [3.05, 3.63) is 51.7 Å². The van der Waals surface area contributed by atoms with Gasteiger partial charge in [-0.3, -0.25) is 10.1 Å². The molecule has 0 saturated carbocycles. The highest BCUT2D eigenvalue weighted by Crippen LogP contribution is 2.15. The van der Waals surface area contributed by atoms with Crippen molar-refractivity contribution in [3.63, 3.8) is 0 Å². The molecule has 1 aromatic heterocycles. The Morgan fingerprint density at radius 2 is 2.00 bits per heavy atom. The molecular weight excluding hydrogens is 437 g/mol. The van der Waals surface area contributed by atoms with Gasteiger partial charge in [0.1, 0.15) is 11.6 Å². The van der Waals surface area contributed by atoms with Gasteiger partial charge >= 0.3 is 0 Å². The largest absolute Gasteiger partial charge is 0.491 e. The average molecular weight is 455 g/mol. The third-order valence-corrected chi connectivity index (χ3v) is 4.07. The number of carbonyl (C=O) groups is 1. The fourth-order valence-corrected chi connectivity index (χ4v) is 2.29. The van der Waals surface area contributed by atoms with Crippen LogP contribution in [0.4, 0.5) is 5.82 Å². The Hall–Kier alpha value is -1.74. The molecule has 7 heteroatoms. The molecular formula is C17H18IN3O2S. The van der Waals surface area contributed by atoms with Crippen LogP contribution in [0.1, 0.15) is 30.6 Å². The normalized spacial score (nSPS) is 11.5. The first kappa shape index (κ1) is 18.6. The summed E-state index contributed by atoms with van der Waals surface area (Å²) in [5.41, 5.74) is 0.506. The molecule has 0 radical (unpaired) electrons. The molecule has 2 N–H and O–H groups in total. The second kappa shape index (κ2) is 8.93. The molecule has 0 aliphatic heterocycles. The number of halogens is 1. The van der Waals surface area contributed by atoms with E-state index < -0.39 is 0 Å². The van der Waals surface area contributed by atoms with Crippen molar-refractivity contribution in [2.45, 2.75) is 26.4 Å². The van der Waals surface area contributed by atoms with E-state index in [4.69, 9.17) is 17.0 Å². The fourth-order valence-electron chi connectivity index (χ4n) is 1.77. The Balaban J connectivity index is 1.91. The predicted molar refractivity (Wildman–Crippen MR) is 107 cm³/mol. The van der Waals surface area contributed by atoms with E-state index in [1.54, 1.807) is 36.5 Å². The van der Waals surface area contributed by atoms with E-state index in [-0.39, 0.29) is 17.1 Å². The fraction of sp³-hybridized carbons (Fsp3) is 0.235. The van der Waals surface area contributed by atoms with Gasteiger partial charge in [0.15, 0.2) is 5.11 Å². The zero-order valence-electron chi connectivity index (χ0n) is 13.4. The highest BCUT2D eigenvalue weighted by atomic mass is 127. The van der Waals surface area contributed by atoms with Gasteiger partial charge in [-0.25, -0.2) is 4.98 Å². The van der Waals surface area contributed by atoms with Gasteiger partial charge in [0.25, 0.3) is 5.91 Å². The zero-order chi connectivity index (χ0) is 17.5. The van der Waals surface area contributed by atoms with Crippen LogP contribution in [0.2, 0.25) is 0 Å². The molecule has 0 saturated heterocycles. The van der Waals surface area contributed by atoms with E-state index in [9.17, 15) is 4.79 Å². The van der Waals surface area contributed by atoms with Crippen LogP contribution in [-0.4, -0.2) is 22.1 Å². The molecule has 1 aromatic carbocycles. The first-order chi connectivity index (χ1) is 11.5. The van der Waals surface area contributed by atoms with Crippen molar-refractivity contribution in [1.82, 2.24) is 10.3 Å². The standard InChI is InChI=1S/C17H18IN3O2S/c1-3-11(2)23-14-7-4-12(5-8-14)16(22)21-17(24)20-15-9-6-13(18)10-19-15/h4-11H,3H2,1-2H3,(H2,19,20,21,22,24)/t11-/m0/s1. The lowest BCUT2D eigenvalue weighted by atomic mass is 10.2. The quantitative estimate of drug-likeness (QED) is 0.528. The number of rotatable bonds is 5. The molecule has 1 amide bonds. The highest BCUT2D eigenvalue weighted by Gasteiger charge is 2.09.